The summed E-state index contributed by atoms with van der Waals surface area (Å²) in [4.78, 5) is 15.0. The number of benzene rings is 2. The molecule has 0 N–H and O–H groups in total. The lowest BCUT2D eigenvalue weighted by Crippen LogP contribution is -2.40. The topological polar surface area (TPSA) is 42.0 Å². The normalized spacial score (nSPS) is 18.9. The third kappa shape index (κ3) is 3.57. The van der Waals surface area contributed by atoms with Gasteiger partial charge in [0, 0.05) is 32.0 Å². The Morgan fingerprint density at radius 3 is 2.44 bits per heavy atom. The van der Waals surface area contributed by atoms with E-state index >= 15 is 0 Å². The fourth-order valence-corrected chi connectivity index (χ4v) is 6.15. The number of nitrogens with zero attached hydrogens (tertiary/aromatic N) is 2. The van der Waals surface area contributed by atoms with Gasteiger partial charge in [-0.1, -0.05) is 23.2 Å². The Hall–Kier alpha value is -1.30. The first-order chi connectivity index (χ1) is 12.8. The van der Waals surface area contributed by atoms with Crippen molar-refractivity contribution in [2.45, 2.75) is 13.8 Å². The minimum Gasteiger partial charge on any atom is -0.409 e. The van der Waals surface area contributed by atoms with E-state index in [4.69, 9.17) is 44.3 Å². The molecule has 144 valence electrons. The van der Waals surface area contributed by atoms with Crippen molar-refractivity contribution in [3.8, 4) is 5.75 Å². The van der Waals surface area contributed by atoms with E-state index in [2.05, 4.69) is 18.7 Å². The second-order valence-electron chi connectivity index (χ2n) is 5.81. The van der Waals surface area contributed by atoms with E-state index in [1.807, 2.05) is 18.2 Å². The van der Waals surface area contributed by atoms with Gasteiger partial charge in [0.1, 0.15) is 5.75 Å². The number of ether oxygens (including phenoxy) is 1. The summed E-state index contributed by atoms with van der Waals surface area (Å²) in [6.45, 7) is 5.83. The number of hydrogen-bond acceptors (Lipinski definition) is 5. The maximum absolute atomic E-state index is 12.8. The molecular weight excluding hydrogens is 426 g/mol. The molecule has 1 heterocycles. The number of hydrogen-bond donors (Lipinski definition) is 0. The average molecular weight is 445 g/mol. The van der Waals surface area contributed by atoms with Crippen LogP contribution >= 0.6 is 29.6 Å². The Morgan fingerprint density at radius 1 is 1.15 bits per heavy atom. The molecule has 0 saturated carbocycles. The van der Waals surface area contributed by atoms with Crippen LogP contribution in [0.3, 0.4) is 0 Å². The summed E-state index contributed by atoms with van der Waals surface area (Å²) >= 11 is 18.0. The number of carbonyl (C=O) groups excluding carboxylic acids is 1. The minimum absolute atomic E-state index is 0.322. The summed E-state index contributed by atoms with van der Waals surface area (Å²) in [5.74, 6) is 0.436. The number of halogens is 2. The highest BCUT2D eigenvalue weighted by molar-refractivity contribution is 8.17. The second-order valence-corrected chi connectivity index (χ2v) is 10.4. The third-order valence-corrected chi connectivity index (χ3v) is 9.07. The van der Waals surface area contributed by atoms with Crippen molar-refractivity contribution in [3.05, 3.63) is 46.4 Å². The number of fused-ring (bicyclic) bond motifs is 1. The second kappa shape index (κ2) is 7.98. The molecule has 5 nitrogen and oxygen atoms in total. The zero-order valence-electron chi connectivity index (χ0n) is 15.1. The Bertz CT molecular complexity index is 937. The number of carbonyl (C=O) groups is 1. The first-order valence-electron chi connectivity index (χ1n) is 8.38. The van der Waals surface area contributed by atoms with E-state index in [1.54, 1.807) is 18.2 Å². The Labute approximate surface area is 173 Å². The van der Waals surface area contributed by atoms with Crippen molar-refractivity contribution >= 4 is 64.2 Å². The lowest BCUT2D eigenvalue weighted by atomic mass is 10.2. The largest absolute Gasteiger partial charge is 0.425 e. The molecule has 2 aromatic carbocycles. The summed E-state index contributed by atoms with van der Waals surface area (Å²) in [6.07, 6.45) is -3.50. The molecule has 2 aromatic rings. The van der Waals surface area contributed by atoms with Gasteiger partial charge in [0.05, 0.1) is 21.0 Å². The number of amides is 1. The van der Waals surface area contributed by atoms with Crippen molar-refractivity contribution in [1.29, 1.82) is 0 Å². The predicted octanol–water partition coefficient (Wildman–Crippen LogP) is 5.44. The van der Waals surface area contributed by atoms with Crippen molar-refractivity contribution in [1.82, 2.24) is 0 Å². The van der Waals surface area contributed by atoms with Gasteiger partial charge in [-0.2, -0.15) is 0 Å². The van der Waals surface area contributed by atoms with E-state index in [0.29, 0.717) is 26.8 Å². The highest BCUT2D eigenvalue weighted by Crippen LogP contribution is 2.57. The molecule has 0 spiro atoms. The molecule has 0 unspecified atom stereocenters. The Balaban J connectivity index is 2.13. The first-order valence-corrected chi connectivity index (χ1v) is 11.8. The smallest absolute Gasteiger partial charge is 0.409 e. The van der Waals surface area contributed by atoms with Crippen molar-refractivity contribution < 1.29 is 14.1 Å². The molecule has 0 saturated heterocycles. The Kier molecular flexibility index (Phi) is 6.04. The minimum atomic E-state index is -2.90. The van der Waals surface area contributed by atoms with Crippen LogP contribution in [0, 0.1) is 0 Å². The molecule has 0 aromatic heterocycles. The van der Waals surface area contributed by atoms with Gasteiger partial charge in [-0.3, -0.25) is 0 Å². The molecule has 27 heavy (non-hydrogen) atoms. The summed E-state index contributed by atoms with van der Waals surface area (Å²) < 4.78 is 12.7. The molecule has 0 aliphatic carbocycles. The SMILES string of the molecule is CCN(CC)c1ccc2c(c1)OC(=O)N(c1ccc(Cl)c(Cl)c1)[P@@]2(=S)OC. The van der Waals surface area contributed by atoms with E-state index in [0.717, 1.165) is 18.8 Å². The van der Waals surface area contributed by atoms with E-state index in [1.165, 1.54) is 11.8 Å². The molecule has 0 bridgehead atoms. The maximum Gasteiger partial charge on any atom is 0.425 e. The summed E-state index contributed by atoms with van der Waals surface area (Å²) in [6, 6.07) is 10.6. The molecule has 0 fully saturated rings. The van der Waals surface area contributed by atoms with E-state index in [9.17, 15) is 4.79 Å². The van der Waals surface area contributed by atoms with Crippen LogP contribution in [0.4, 0.5) is 16.2 Å². The van der Waals surface area contributed by atoms with Gasteiger partial charge in [-0.25, -0.2) is 9.46 Å². The fourth-order valence-electron chi connectivity index (χ4n) is 3.01. The van der Waals surface area contributed by atoms with Crippen molar-refractivity contribution in [2.24, 2.45) is 0 Å². The molecule has 3 rings (SSSR count). The number of anilines is 2. The zero-order chi connectivity index (χ0) is 19.8. The molecule has 1 amide bonds. The fraction of sp³-hybridized carbons (Fsp3) is 0.278. The van der Waals surface area contributed by atoms with E-state index < -0.39 is 12.5 Å². The van der Waals surface area contributed by atoms with Gasteiger partial charge in [0.15, 0.2) is 6.42 Å². The van der Waals surface area contributed by atoms with Crippen LogP contribution in [0.25, 0.3) is 0 Å². The van der Waals surface area contributed by atoms with Crippen molar-refractivity contribution in [3.63, 3.8) is 0 Å². The highest BCUT2D eigenvalue weighted by atomic mass is 35.5. The zero-order valence-corrected chi connectivity index (χ0v) is 18.3. The first kappa shape index (κ1) is 20.4. The van der Waals surface area contributed by atoms with Gasteiger partial charge < -0.3 is 14.2 Å². The third-order valence-electron chi connectivity index (χ3n) is 4.41. The predicted molar refractivity (Wildman–Crippen MR) is 116 cm³/mol. The molecule has 1 atom stereocenters. The van der Waals surface area contributed by atoms with Gasteiger partial charge in [-0.05, 0) is 56.0 Å². The number of rotatable bonds is 5. The van der Waals surface area contributed by atoms with Gasteiger partial charge in [0.2, 0.25) is 0 Å². The van der Waals surface area contributed by atoms with Crippen LogP contribution in [0.2, 0.25) is 10.0 Å². The van der Waals surface area contributed by atoms with Gasteiger partial charge in [0.25, 0.3) is 0 Å². The quantitative estimate of drug-likeness (QED) is 0.574. The summed E-state index contributed by atoms with van der Waals surface area (Å²) in [5, 5.41) is 1.39. The van der Waals surface area contributed by atoms with Gasteiger partial charge >= 0.3 is 6.09 Å². The van der Waals surface area contributed by atoms with Crippen LogP contribution in [-0.4, -0.2) is 26.3 Å². The van der Waals surface area contributed by atoms with Crippen LogP contribution in [0.15, 0.2) is 36.4 Å². The molecule has 1 aliphatic rings. The molecule has 1 aliphatic heterocycles. The van der Waals surface area contributed by atoms with Gasteiger partial charge in [-0.15, -0.1) is 0 Å². The summed E-state index contributed by atoms with van der Waals surface area (Å²) in [7, 11) is 1.51. The Morgan fingerprint density at radius 2 is 1.85 bits per heavy atom. The average Bonchev–Trinajstić information content (AvgIpc) is 2.65. The molecule has 9 heteroatoms. The maximum atomic E-state index is 12.8. The monoisotopic (exact) mass is 444 g/mol. The lowest BCUT2D eigenvalue weighted by molar-refractivity contribution is 0.210. The highest BCUT2D eigenvalue weighted by Gasteiger charge is 2.42. The van der Waals surface area contributed by atoms with Crippen molar-refractivity contribution in [2.75, 3.05) is 29.8 Å². The summed E-state index contributed by atoms with van der Waals surface area (Å²) in [5.41, 5.74) is 1.45. The molecular formula is C18H19Cl2N2O3PS. The van der Waals surface area contributed by atoms with Crippen LogP contribution in [0.1, 0.15) is 13.8 Å². The molecule has 0 radical (unpaired) electrons. The standard InChI is InChI=1S/C18H19Cl2N2O3PS/c1-4-21(5-2)12-7-9-17-16(11-12)25-18(23)22(26(17,27)24-3)13-6-8-14(19)15(20)10-13/h6-11H,4-5H2,1-3H3/t26-/m1/s1. The van der Waals surface area contributed by atoms with Crippen LogP contribution in [-0.2, 0) is 16.3 Å². The van der Waals surface area contributed by atoms with Crippen LogP contribution < -0.4 is 19.6 Å². The van der Waals surface area contributed by atoms with Crippen LogP contribution in [0.5, 0.6) is 5.75 Å². The lowest BCUT2D eigenvalue weighted by Gasteiger charge is -2.38. The van der Waals surface area contributed by atoms with E-state index in [-0.39, 0.29) is 0 Å².